The SMILES string of the molecule is C=C([C@H]1CC[C@H](/C=C/C#N)CC1)[C@H]1CC[C@H](c2ccc(OC(F)(F)F)cc2)CC1. The van der Waals surface area contributed by atoms with E-state index in [4.69, 9.17) is 5.26 Å². The number of ether oxygens (including phenoxy) is 1. The van der Waals surface area contributed by atoms with Crippen molar-refractivity contribution in [1.29, 1.82) is 5.26 Å². The predicted octanol–water partition coefficient (Wildman–Crippen LogP) is 7.30. The molecule has 1 aromatic carbocycles. The molecule has 0 aromatic heterocycles. The van der Waals surface area contributed by atoms with Crippen molar-refractivity contribution < 1.29 is 17.9 Å². The van der Waals surface area contributed by atoms with Crippen molar-refractivity contribution in [3.8, 4) is 11.8 Å². The fourth-order valence-corrected chi connectivity index (χ4v) is 4.93. The maximum absolute atomic E-state index is 12.3. The highest BCUT2D eigenvalue weighted by atomic mass is 19.4. The van der Waals surface area contributed by atoms with E-state index in [2.05, 4.69) is 17.4 Å². The quantitative estimate of drug-likeness (QED) is 0.382. The number of allylic oxidation sites excluding steroid dienone is 3. The van der Waals surface area contributed by atoms with E-state index in [1.807, 2.05) is 6.08 Å². The summed E-state index contributed by atoms with van der Waals surface area (Å²) in [5.74, 6) is 1.89. The van der Waals surface area contributed by atoms with Crippen molar-refractivity contribution in [1.82, 2.24) is 0 Å². The molecule has 0 aliphatic heterocycles. The number of benzene rings is 1. The van der Waals surface area contributed by atoms with Crippen LogP contribution in [-0.4, -0.2) is 6.36 Å². The molecule has 2 fully saturated rings. The minimum Gasteiger partial charge on any atom is -0.406 e. The van der Waals surface area contributed by atoms with Crippen LogP contribution >= 0.6 is 0 Å². The number of alkyl halides is 3. The first-order chi connectivity index (χ1) is 13.9. The van der Waals surface area contributed by atoms with Crippen LogP contribution in [0.15, 0.2) is 48.6 Å². The Balaban J connectivity index is 1.47. The first kappa shape index (κ1) is 21.5. The molecular weight excluding hydrogens is 375 g/mol. The fourth-order valence-electron chi connectivity index (χ4n) is 4.93. The van der Waals surface area contributed by atoms with Crippen LogP contribution < -0.4 is 4.74 Å². The standard InChI is InChI=1S/C24H28F3NO/c1-17(19-6-4-18(5-7-19)3-2-16-28)20-8-10-21(11-9-20)22-12-14-23(15-13-22)29-24(25,26)27/h2-3,12-15,18-21H,1,4-11H2/b3-2+/t18-,19-,20-,21-. The number of nitrogens with zero attached hydrogens (tertiary/aromatic N) is 1. The minimum atomic E-state index is -4.65. The van der Waals surface area contributed by atoms with Crippen LogP contribution in [0.1, 0.15) is 62.8 Å². The molecule has 29 heavy (non-hydrogen) atoms. The van der Waals surface area contributed by atoms with Gasteiger partial charge in [-0.2, -0.15) is 5.26 Å². The molecule has 3 rings (SSSR count). The zero-order valence-electron chi connectivity index (χ0n) is 16.6. The summed E-state index contributed by atoms with van der Waals surface area (Å²) in [6.45, 7) is 4.44. The van der Waals surface area contributed by atoms with E-state index >= 15 is 0 Å². The van der Waals surface area contributed by atoms with Crippen molar-refractivity contribution in [2.24, 2.45) is 17.8 Å². The monoisotopic (exact) mass is 403 g/mol. The van der Waals surface area contributed by atoms with Crippen molar-refractivity contribution in [3.63, 3.8) is 0 Å². The Hall–Kier alpha value is -2.22. The third kappa shape index (κ3) is 6.13. The van der Waals surface area contributed by atoms with Gasteiger partial charge in [0.05, 0.1) is 6.07 Å². The van der Waals surface area contributed by atoms with Gasteiger partial charge in [0.1, 0.15) is 5.75 Å². The molecule has 2 saturated carbocycles. The average molecular weight is 403 g/mol. The first-order valence-electron chi connectivity index (χ1n) is 10.5. The summed E-state index contributed by atoms with van der Waals surface area (Å²) in [6.07, 6.45) is 7.83. The lowest BCUT2D eigenvalue weighted by molar-refractivity contribution is -0.274. The lowest BCUT2D eigenvalue weighted by atomic mass is 9.70. The van der Waals surface area contributed by atoms with Crippen molar-refractivity contribution in [2.45, 2.75) is 63.6 Å². The van der Waals surface area contributed by atoms with Gasteiger partial charge in [-0.3, -0.25) is 0 Å². The normalized spacial score (nSPS) is 28.1. The second kappa shape index (κ2) is 9.52. The Morgan fingerprint density at radius 1 is 0.966 bits per heavy atom. The van der Waals surface area contributed by atoms with Crippen molar-refractivity contribution in [3.05, 3.63) is 54.1 Å². The van der Waals surface area contributed by atoms with Crippen LogP contribution in [0.25, 0.3) is 0 Å². The van der Waals surface area contributed by atoms with Crippen LogP contribution in [0.3, 0.4) is 0 Å². The van der Waals surface area contributed by atoms with Gasteiger partial charge in [-0.25, -0.2) is 0 Å². The van der Waals surface area contributed by atoms with E-state index in [1.165, 1.54) is 17.7 Å². The summed E-state index contributed by atoms with van der Waals surface area (Å²) in [7, 11) is 0. The smallest absolute Gasteiger partial charge is 0.406 e. The zero-order valence-corrected chi connectivity index (χ0v) is 16.6. The fraction of sp³-hybridized carbons (Fsp3) is 0.542. The van der Waals surface area contributed by atoms with Gasteiger partial charge in [0.15, 0.2) is 0 Å². The molecule has 0 atom stereocenters. The first-order valence-corrected chi connectivity index (χ1v) is 10.5. The molecule has 0 spiro atoms. The molecule has 1 aromatic rings. The molecule has 0 N–H and O–H groups in total. The molecule has 0 heterocycles. The van der Waals surface area contributed by atoms with E-state index < -0.39 is 6.36 Å². The summed E-state index contributed by atoms with van der Waals surface area (Å²) >= 11 is 0. The van der Waals surface area contributed by atoms with Crippen molar-refractivity contribution in [2.75, 3.05) is 0 Å². The Kier molecular flexibility index (Phi) is 7.05. The van der Waals surface area contributed by atoms with Gasteiger partial charge >= 0.3 is 6.36 Å². The van der Waals surface area contributed by atoms with Gasteiger partial charge in [0.2, 0.25) is 0 Å². The Morgan fingerprint density at radius 2 is 1.52 bits per heavy atom. The Bertz CT molecular complexity index is 744. The van der Waals surface area contributed by atoms with Gasteiger partial charge in [-0.1, -0.05) is 30.4 Å². The highest BCUT2D eigenvalue weighted by Gasteiger charge is 2.32. The summed E-state index contributed by atoms with van der Waals surface area (Å²) in [6, 6.07) is 8.42. The van der Waals surface area contributed by atoms with Crippen LogP contribution in [0.5, 0.6) is 5.75 Å². The van der Waals surface area contributed by atoms with Crippen LogP contribution in [0.2, 0.25) is 0 Å². The Morgan fingerprint density at radius 3 is 2.03 bits per heavy atom. The molecule has 0 radical (unpaired) electrons. The molecule has 0 saturated heterocycles. The van der Waals surface area contributed by atoms with Crippen LogP contribution in [0, 0.1) is 29.1 Å². The minimum absolute atomic E-state index is 0.163. The number of rotatable bonds is 5. The molecule has 0 unspecified atom stereocenters. The molecule has 0 amide bonds. The number of nitriles is 1. The molecule has 2 aliphatic carbocycles. The van der Waals surface area contributed by atoms with Gasteiger partial charge in [-0.15, -0.1) is 13.2 Å². The summed E-state index contributed by atoms with van der Waals surface area (Å²) in [5, 5.41) is 8.67. The lowest BCUT2D eigenvalue weighted by Crippen LogP contribution is -2.22. The van der Waals surface area contributed by atoms with E-state index in [9.17, 15) is 13.2 Å². The largest absolute Gasteiger partial charge is 0.573 e. The third-order valence-corrected chi connectivity index (χ3v) is 6.58. The zero-order chi connectivity index (χ0) is 20.9. The topological polar surface area (TPSA) is 33.0 Å². The molecule has 5 heteroatoms. The molecule has 2 aliphatic rings. The third-order valence-electron chi connectivity index (χ3n) is 6.58. The number of halogens is 3. The average Bonchev–Trinajstić information content (AvgIpc) is 2.72. The number of hydrogen-bond donors (Lipinski definition) is 0. The molecule has 0 bridgehead atoms. The van der Waals surface area contributed by atoms with Gasteiger partial charge in [0.25, 0.3) is 0 Å². The summed E-state index contributed by atoms with van der Waals surface area (Å²) in [4.78, 5) is 0. The second-order valence-corrected chi connectivity index (χ2v) is 8.34. The highest BCUT2D eigenvalue weighted by molar-refractivity contribution is 5.30. The summed E-state index contributed by atoms with van der Waals surface area (Å²) < 4.78 is 40.9. The number of hydrogen-bond acceptors (Lipinski definition) is 2. The second-order valence-electron chi connectivity index (χ2n) is 8.34. The van der Waals surface area contributed by atoms with Crippen LogP contribution in [0.4, 0.5) is 13.2 Å². The summed E-state index contributed by atoms with van der Waals surface area (Å²) in [5.41, 5.74) is 2.48. The van der Waals surface area contributed by atoms with E-state index in [-0.39, 0.29) is 5.75 Å². The Labute approximate surface area is 171 Å². The maximum Gasteiger partial charge on any atom is 0.573 e. The van der Waals surface area contributed by atoms with E-state index in [1.54, 1.807) is 18.2 Å². The maximum atomic E-state index is 12.3. The van der Waals surface area contributed by atoms with E-state index in [0.717, 1.165) is 56.9 Å². The predicted molar refractivity (Wildman–Crippen MR) is 107 cm³/mol. The van der Waals surface area contributed by atoms with Gasteiger partial charge < -0.3 is 4.74 Å². The van der Waals surface area contributed by atoms with Gasteiger partial charge in [0, 0.05) is 6.08 Å². The molecular formula is C24H28F3NO. The molecule has 156 valence electrons. The van der Waals surface area contributed by atoms with E-state index in [0.29, 0.717) is 23.7 Å². The van der Waals surface area contributed by atoms with Crippen LogP contribution in [-0.2, 0) is 0 Å². The molecule has 2 nitrogen and oxygen atoms in total. The highest BCUT2D eigenvalue weighted by Crippen LogP contribution is 2.44. The lowest BCUT2D eigenvalue weighted by Gasteiger charge is -2.35. The van der Waals surface area contributed by atoms with Crippen molar-refractivity contribution >= 4 is 0 Å². The van der Waals surface area contributed by atoms with Gasteiger partial charge in [-0.05, 0) is 92.7 Å².